The van der Waals surface area contributed by atoms with Crippen molar-refractivity contribution in [2.24, 2.45) is 28.2 Å². The first-order valence-corrected chi connectivity index (χ1v) is 13.8. The van der Waals surface area contributed by atoms with Gasteiger partial charge in [-0.05, 0) is 69.7 Å². The molecular formula is C21H39NO3Si. The first-order valence-electron chi connectivity index (χ1n) is 10.1. The van der Waals surface area contributed by atoms with E-state index in [0.29, 0.717) is 17.8 Å². The Bertz CT molecular complexity index is 563. The minimum Gasteiger partial charge on any atom is -0.458 e. The molecule has 6 atom stereocenters. The van der Waals surface area contributed by atoms with Gasteiger partial charge in [0.25, 0.3) is 0 Å². The second-order valence-corrected chi connectivity index (χ2v) is 16.7. The predicted molar refractivity (Wildman–Crippen MR) is 110 cm³/mol. The Morgan fingerprint density at radius 3 is 2.38 bits per heavy atom. The van der Waals surface area contributed by atoms with Gasteiger partial charge < -0.3 is 9.84 Å². The van der Waals surface area contributed by atoms with Gasteiger partial charge in [0.2, 0.25) is 0 Å². The summed E-state index contributed by atoms with van der Waals surface area (Å²) < 4.78 is 5.59. The van der Waals surface area contributed by atoms with Crippen molar-refractivity contribution in [1.82, 2.24) is 0 Å². The van der Waals surface area contributed by atoms with E-state index in [1.165, 1.54) is 0 Å². The number of aliphatic imine (C=N–C) groups is 1. The number of esters is 1. The lowest BCUT2D eigenvalue weighted by molar-refractivity contribution is -0.313. The molecule has 2 fully saturated rings. The minimum absolute atomic E-state index is 0.200. The second kappa shape index (κ2) is 6.73. The minimum atomic E-state index is -1.44. The fourth-order valence-electron chi connectivity index (χ4n) is 5.09. The Hall–Kier alpha value is -0.683. The van der Waals surface area contributed by atoms with E-state index in [-0.39, 0.29) is 17.4 Å². The van der Waals surface area contributed by atoms with E-state index < -0.39 is 19.3 Å². The first kappa shape index (κ1) is 21.6. The highest BCUT2D eigenvalue weighted by Crippen LogP contribution is 2.72. The van der Waals surface area contributed by atoms with Gasteiger partial charge >= 0.3 is 5.97 Å². The molecule has 2 aliphatic carbocycles. The molecule has 5 heteroatoms. The number of carbonyl (C=O) groups is 1. The van der Waals surface area contributed by atoms with Crippen LogP contribution in [0, 0.1) is 23.2 Å². The van der Waals surface area contributed by atoms with Gasteiger partial charge in [0.15, 0.2) is 0 Å². The largest absolute Gasteiger partial charge is 0.458 e. The van der Waals surface area contributed by atoms with Crippen molar-refractivity contribution in [2.75, 3.05) is 0 Å². The zero-order valence-corrected chi connectivity index (χ0v) is 19.2. The quantitative estimate of drug-likeness (QED) is 0.417. The predicted octanol–water partition coefficient (Wildman–Crippen LogP) is 4.54. The molecule has 0 aromatic carbocycles. The maximum atomic E-state index is 12.6. The topological polar surface area (TPSA) is 58.9 Å². The van der Waals surface area contributed by atoms with Crippen LogP contribution in [-0.2, 0) is 9.53 Å². The molecular weight excluding hydrogens is 342 g/mol. The summed E-state index contributed by atoms with van der Waals surface area (Å²) in [5.74, 6) is 1.08. The van der Waals surface area contributed by atoms with Crippen LogP contribution < -0.4 is 0 Å². The Balaban J connectivity index is 1.99. The molecule has 26 heavy (non-hydrogen) atoms. The third kappa shape index (κ3) is 4.09. The van der Waals surface area contributed by atoms with E-state index in [2.05, 4.69) is 38.5 Å². The molecule has 0 saturated heterocycles. The summed E-state index contributed by atoms with van der Waals surface area (Å²) in [6.45, 7) is 18.9. The van der Waals surface area contributed by atoms with E-state index >= 15 is 0 Å². The smallest absolute Gasteiger partial charge is 0.331 e. The molecule has 0 aromatic heterocycles. The zero-order chi connectivity index (χ0) is 20.1. The molecule has 4 nitrogen and oxygen atoms in total. The lowest BCUT2D eigenvalue weighted by Gasteiger charge is -2.74. The molecule has 2 rings (SSSR count). The van der Waals surface area contributed by atoms with E-state index in [9.17, 15) is 9.90 Å². The normalized spacial score (nSPS) is 38.3. The Kier molecular flexibility index (Phi) is 5.60. The van der Waals surface area contributed by atoms with E-state index in [1.807, 2.05) is 33.9 Å². The molecule has 1 N–H and O–H groups in total. The van der Waals surface area contributed by atoms with Crippen molar-refractivity contribution >= 4 is 20.3 Å². The molecule has 0 aromatic rings. The molecule has 0 radical (unpaired) electrons. The van der Waals surface area contributed by atoms with Crippen molar-refractivity contribution in [3.63, 3.8) is 0 Å². The third-order valence-electron chi connectivity index (χ3n) is 6.83. The second-order valence-electron chi connectivity index (χ2n) is 11.2. The van der Waals surface area contributed by atoms with Gasteiger partial charge in [0, 0.05) is 14.3 Å². The maximum absolute atomic E-state index is 12.6. The summed E-state index contributed by atoms with van der Waals surface area (Å²) in [4.78, 5) is 17.2. The number of rotatable bonds is 6. The number of aliphatic hydroxyl groups is 1. The molecule has 0 heterocycles. The molecule has 2 aliphatic rings. The van der Waals surface area contributed by atoms with Crippen LogP contribution in [0.5, 0.6) is 0 Å². The number of hydrogen-bond donors (Lipinski definition) is 1. The van der Waals surface area contributed by atoms with Crippen molar-refractivity contribution in [3.05, 3.63) is 0 Å². The van der Waals surface area contributed by atoms with Crippen LogP contribution in [0.2, 0.25) is 25.7 Å². The summed E-state index contributed by atoms with van der Waals surface area (Å²) in [6.07, 6.45) is 3.91. The molecule has 2 saturated carbocycles. The maximum Gasteiger partial charge on any atom is 0.331 e. The van der Waals surface area contributed by atoms with Crippen molar-refractivity contribution in [3.8, 4) is 0 Å². The summed E-state index contributed by atoms with van der Waals surface area (Å²) in [6, 6.07) is 0.431. The summed E-state index contributed by atoms with van der Waals surface area (Å²) in [7, 11) is -1.44. The van der Waals surface area contributed by atoms with Crippen LogP contribution in [0.25, 0.3) is 0 Å². The van der Waals surface area contributed by atoms with Gasteiger partial charge in [-0.25, -0.2) is 4.79 Å². The average molecular weight is 382 g/mol. The highest BCUT2D eigenvalue weighted by atomic mass is 28.3. The van der Waals surface area contributed by atoms with E-state index in [4.69, 9.17) is 4.74 Å². The van der Waals surface area contributed by atoms with Gasteiger partial charge in [-0.2, -0.15) is 0 Å². The van der Waals surface area contributed by atoms with Crippen molar-refractivity contribution < 1.29 is 14.6 Å². The molecule has 0 aliphatic heterocycles. The molecule has 4 unspecified atom stereocenters. The SMILES string of the molecule is CC1C2(C)C(C/C=N/[C@@H](C[Si](C)(C)C)C(=O)OC(C)(C)C)CC2[C@@]1(C)O. The van der Waals surface area contributed by atoms with Gasteiger partial charge in [0.1, 0.15) is 11.6 Å². The summed E-state index contributed by atoms with van der Waals surface area (Å²) >= 11 is 0. The van der Waals surface area contributed by atoms with Crippen molar-refractivity contribution in [1.29, 1.82) is 0 Å². The van der Waals surface area contributed by atoms with Crippen LogP contribution >= 0.6 is 0 Å². The number of hydrogen-bond acceptors (Lipinski definition) is 4. The Morgan fingerprint density at radius 2 is 1.92 bits per heavy atom. The van der Waals surface area contributed by atoms with Gasteiger partial charge in [-0.1, -0.05) is 33.5 Å². The molecule has 150 valence electrons. The lowest BCUT2D eigenvalue weighted by Crippen LogP contribution is -2.74. The molecule has 0 spiro atoms. The van der Waals surface area contributed by atoms with Crippen molar-refractivity contribution in [2.45, 2.75) is 97.3 Å². The highest BCUT2D eigenvalue weighted by Gasteiger charge is 2.72. The van der Waals surface area contributed by atoms with Crippen LogP contribution in [0.3, 0.4) is 0 Å². The standard InChI is InChI=1S/C21H39NO3Si/c1-14-20(5)15(12-17(20)21(14,6)24)10-11-22-16(13-26(7,8)9)18(23)25-19(2,3)4/h11,14-17,24H,10,12-13H2,1-9H3/b22-11+/t14?,15?,16-,17?,20?,21-/m0/s1. The Labute approximate surface area is 160 Å². The molecule has 0 amide bonds. The number of nitrogens with zero attached hydrogens (tertiary/aromatic N) is 1. The van der Waals surface area contributed by atoms with Crippen LogP contribution in [0.1, 0.15) is 54.4 Å². The van der Waals surface area contributed by atoms with Crippen LogP contribution in [0.15, 0.2) is 4.99 Å². The third-order valence-corrected chi connectivity index (χ3v) is 8.44. The number of carbonyl (C=O) groups excluding carboxylic acids is 1. The lowest BCUT2D eigenvalue weighted by atomic mass is 9.32. The highest BCUT2D eigenvalue weighted by molar-refractivity contribution is 6.76. The van der Waals surface area contributed by atoms with Crippen LogP contribution in [-0.4, -0.2) is 42.6 Å². The number of ether oxygens (including phenoxy) is 1. The van der Waals surface area contributed by atoms with E-state index in [0.717, 1.165) is 18.9 Å². The van der Waals surface area contributed by atoms with E-state index in [1.54, 1.807) is 0 Å². The summed E-state index contributed by atoms with van der Waals surface area (Å²) in [5.41, 5.74) is -0.777. The fraction of sp³-hybridized carbons (Fsp3) is 0.905. The number of fused-ring (bicyclic) bond motifs is 1. The Morgan fingerprint density at radius 1 is 1.35 bits per heavy atom. The monoisotopic (exact) mass is 381 g/mol. The average Bonchev–Trinajstić information content (AvgIpc) is 2.43. The zero-order valence-electron chi connectivity index (χ0n) is 18.2. The van der Waals surface area contributed by atoms with Gasteiger partial charge in [0.05, 0.1) is 5.60 Å². The van der Waals surface area contributed by atoms with Gasteiger partial charge in [-0.15, -0.1) is 0 Å². The fourth-order valence-corrected chi connectivity index (χ4v) is 6.52. The molecule has 0 bridgehead atoms. The first-order chi connectivity index (χ1) is 11.6. The summed E-state index contributed by atoms with van der Waals surface area (Å²) in [5, 5.41) is 10.5. The van der Waals surface area contributed by atoms with Gasteiger partial charge in [-0.3, -0.25) is 4.99 Å². The van der Waals surface area contributed by atoms with Crippen LogP contribution in [0.4, 0.5) is 0 Å².